The van der Waals surface area contributed by atoms with Crippen molar-refractivity contribution in [2.75, 3.05) is 17.2 Å². The van der Waals surface area contributed by atoms with E-state index in [4.69, 9.17) is 9.97 Å². The van der Waals surface area contributed by atoms with Crippen LogP contribution in [0.2, 0.25) is 0 Å². The summed E-state index contributed by atoms with van der Waals surface area (Å²) in [7, 11) is 0. The Morgan fingerprint density at radius 2 is 1.86 bits per heavy atom. The zero-order valence-corrected chi connectivity index (χ0v) is 13.6. The summed E-state index contributed by atoms with van der Waals surface area (Å²) in [5.41, 5.74) is 1.45. The standard InChI is InChI=1S/C17H28N4/c1-4-11-18-14-12(3)15(20-16(19-14)13-7-8-13)21-17(5-2)9-6-10-17/h13H,4-11H2,1-3H3,(H2,18,19,20,21). The fraction of sp³-hybridized carbons (Fsp3) is 0.765. The van der Waals surface area contributed by atoms with Gasteiger partial charge in [-0.1, -0.05) is 13.8 Å². The molecule has 2 N–H and O–H groups in total. The lowest BCUT2D eigenvalue weighted by Gasteiger charge is -2.42. The van der Waals surface area contributed by atoms with Gasteiger partial charge in [0.2, 0.25) is 0 Å². The molecule has 2 fully saturated rings. The topological polar surface area (TPSA) is 49.8 Å². The second kappa shape index (κ2) is 5.82. The minimum Gasteiger partial charge on any atom is -0.370 e. The summed E-state index contributed by atoms with van der Waals surface area (Å²) in [4.78, 5) is 9.63. The summed E-state index contributed by atoms with van der Waals surface area (Å²) in [5, 5.41) is 7.23. The van der Waals surface area contributed by atoms with Crippen molar-refractivity contribution in [2.24, 2.45) is 0 Å². The summed E-state index contributed by atoms with van der Waals surface area (Å²) < 4.78 is 0. The SMILES string of the molecule is CCCNc1nc(C2CC2)nc(NC2(CC)CCC2)c1C. The van der Waals surface area contributed by atoms with Crippen LogP contribution in [0, 0.1) is 6.92 Å². The molecular weight excluding hydrogens is 260 g/mol. The molecule has 0 bridgehead atoms. The van der Waals surface area contributed by atoms with Gasteiger partial charge in [0.1, 0.15) is 17.5 Å². The van der Waals surface area contributed by atoms with Crippen LogP contribution < -0.4 is 10.6 Å². The van der Waals surface area contributed by atoms with E-state index >= 15 is 0 Å². The van der Waals surface area contributed by atoms with Gasteiger partial charge in [-0.3, -0.25) is 0 Å². The molecule has 4 heteroatoms. The molecule has 0 aliphatic heterocycles. The van der Waals surface area contributed by atoms with Crippen molar-refractivity contribution in [3.8, 4) is 0 Å². The largest absolute Gasteiger partial charge is 0.370 e. The quantitative estimate of drug-likeness (QED) is 0.788. The summed E-state index contributed by atoms with van der Waals surface area (Å²) in [5.74, 6) is 3.72. The van der Waals surface area contributed by atoms with Gasteiger partial charge in [0.05, 0.1) is 0 Å². The predicted octanol–water partition coefficient (Wildman–Crippen LogP) is 4.23. The fourth-order valence-corrected chi connectivity index (χ4v) is 3.02. The van der Waals surface area contributed by atoms with Crippen molar-refractivity contribution >= 4 is 11.6 Å². The van der Waals surface area contributed by atoms with Crippen LogP contribution in [0.1, 0.15) is 76.1 Å². The van der Waals surface area contributed by atoms with Gasteiger partial charge in [-0.2, -0.15) is 0 Å². The first-order valence-electron chi connectivity index (χ1n) is 8.58. The van der Waals surface area contributed by atoms with Crippen molar-refractivity contribution in [1.29, 1.82) is 0 Å². The predicted molar refractivity (Wildman–Crippen MR) is 88.0 cm³/mol. The van der Waals surface area contributed by atoms with E-state index in [-0.39, 0.29) is 5.54 Å². The third-order valence-electron chi connectivity index (χ3n) is 5.02. The zero-order chi connectivity index (χ0) is 14.9. The van der Waals surface area contributed by atoms with E-state index in [2.05, 4.69) is 31.4 Å². The molecule has 1 aromatic heterocycles. The molecule has 2 saturated carbocycles. The van der Waals surface area contributed by atoms with Crippen molar-refractivity contribution in [3.63, 3.8) is 0 Å². The maximum atomic E-state index is 4.86. The monoisotopic (exact) mass is 288 g/mol. The van der Waals surface area contributed by atoms with Crippen LogP contribution in [0.4, 0.5) is 11.6 Å². The first kappa shape index (κ1) is 14.6. The Labute approximate surface area is 128 Å². The van der Waals surface area contributed by atoms with Crippen LogP contribution in [0.15, 0.2) is 0 Å². The zero-order valence-electron chi connectivity index (χ0n) is 13.6. The molecule has 0 unspecified atom stereocenters. The smallest absolute Gasteiger partial charge is 0.136 e. The summed E-state index contributed by atoms with van der Waals surface area (Å²) in [6, 6.07) is 0. The summed E-state index contributed by atoms with van der Waals surface area (Å²) in [6.45, 7) is 7.57. The molecule has 0 atom stereocenters. The van der Waals surface area contributed by atoms with Gasteiger partial charge in [0.25, 0.3) is 0 Å². The molecule has 1 heterocycles. The van der Waals surface area contributed by atoms with E-state index in [1.54, 1.807) is 0 Å². The second-order valence-electron chi connectivity index (χ2n) is 6.72. The highest BCUT2D eigenvalue weighted by Gasteiger charge is 2.36. The molecule has 116 valence electrons. The van der Waals surface area contributed by atoms with Crippen molar-refractivity contribution in [2.45, 2.75) is 77.2 Å². The number of nitrogens with zero attached hydrogens (tertiary/aromatic N) is 2. The molecule has 0 saturated heterocycles. The normalized spacial score (nSPS) is 20.0. The Kier molecular flexibility index (Phi) is 4.05. The number of anilines is 2. The molecule has 2 aliphatic carbocycles. The van der Waals surface area contributed by atoms with E-state index in [1.165, 1.54) is 44.1 Å². The van der Waals surface area contributed by atoms with Crippen LogP contribution in [0.5, 0.6) is 0 Å². The van der Waals surface area contributed by atoms with Crippen molar-refractivity contribution in [1.82, 2.24) is 9.97 Å². The van der Waals surface area contributed by atoms with Gasteiger partial charge < -0.3 is 10.6 Å². The van der Waals surface area contributed by atoms with Gasteiger partial charge in [-0.15, -0.1) is 0 Å². The molecule has 0 amide bonds. The van der Waals surface area contributed by atoms with Gasteiger partial charge in [-0.25, -0.2) is 9.97 Å². The van der Waals surface area contributed by atoms with E-state index in [1.807, 2.05) is 0 Å². The Morgan fingerprint density at radius 3 is 2.38 bits per heavy atom. The van der Waals surface area contributed by atoms with Crippen molar-refractivity contribution in [3.05, 3.63) is 11.4 Å². The Bertz CT molecular complexity index is 498. The van der Waals surface area contributed by atoms with Crippen LogP contribution in [0.3, 0.4) is 0 Å². The van der Waals surface area contributed by atoms with Gasteiger partial charge in [-0.05, 0) is 51.9 Å². The lowest BCUT2D eigenvalue weighted by atomic mass is 9.75. The van der Waals surface area contributed by atoms with Crippen LogP contribution in [0.25, 0.3) is 0 Å². The Morgan fingerprint density at radius 1 is 1.14 bits per heavy atom. The molecule has 3 rings (SSSR count). The molecular formula is C17H28N4. The Hall–Kier alpha value is -1.32. The maximum Gasteiger partial charge on any atom is 0.136 e. The van der Waals surface area contributed by atoms with Crippen LogP contribution in [-0.4, -0.2) is 22.1 Å². The van der Waals surface area contributed by atoms with Crippen molar-refractivity contribution < 1.29 is 0 Å². The molecule has 21 heavy (non-hydrogen) atoms. The fourth-order valence-electron chi connectivity index (χ4n) is 3.02. The lowest BCUT2D eigenvalue weighted by molar-refractivity contribution is 0.268. The first-order valence-corrected chi connectivity index (χ1v) is 8.58. The third kappa shape index (κ3) is 2.99. The number of nitrogens with one attached hydrogen (secondary N) is 2. The highest BCUT2D eigenvalue weighted by atomic mass is 15.1. The molecule has 0 radical (unpaired) electrons. The van der Waals surface area contributed by atoms with E-state index in [0.717, 1.165) is 30.4 Å². The van der Waals surface area contributed by atoms with Crippen LogP contribution in [-0.2, 0) is 0 Å². The van der Waals surface area contributed by atoms with Gasteiger partial charge >= 0.3 is 0 Å². The summed E-state index contributed by atoms with van der Waals surface area (Å²) >= 11 is 0. The second-order valence-corrected chi connectivity index (χ2v) is 6.72. The first-order chi connectivity index (χ1) is 10.2. The lowest BCUT2D eigenvalue weighted by Crippen LogP contribution is -2.44. The average molecular weight is 288 g/mol. The highest BCUT2D eigenvalue weighted by Crippen LogP contribution is 2.42. The van der Waals surface area contributed by atoms with E-state index in [9.17, 15) is 0 Å². The van der Waals surface area contributed by atoms with E-state index in [0.29, 0.717) is 5.92 Å². The van der Waals surface area contributed by atoms with Gasteiger partial charge in [0.15, 0.2) is 0 Å². The number of rotatable bonds is 7. The molecule has 0 aromatic carbocycles. The van der Waals surface area contributed by atoms with Crippen LogP contribution >= 0.6 is 0 Å². The van der Waals surface area contributed by atoms with Gasteiger partial charge in [0, 0.05) is 23.6 Å². The third-order valence-corrected chi connectivity index (χ3v) is 5.02. The molecule has 2 aliphatic rings. The maximum absolute atomic E-state index is 4.86. The molecule has 1 aromatic rings. The average Bonchev–Trinajstić information content (AvgIpc) is 3.27. The number of hydrogen-bond donors (Lipinski definition) is 2. The minimum absolute atomic E-state index is 0.280. The molecule has 4 nitrogen and oxygen atoms in total. The summed E-state index contributed by atoms with van der Waals surface area (Å²) in [6.07, 6.45) is 8.65. The van der Waals surface area contributed by atoms with E-state index < -0.39 is 0 Å². The number of aromatic nitrogens is 2. The highest BCUT2D eigenvalue weighted by molar-refractivity contribution is 5.59. The number of hydrogen-bond acceptors (Lipinski definition) is 4. The Balaban J connectivity index is 1.88. The minimum atomic E-state index is 0.280. The molecule has 0 spiro atoms.